The van der Waals surface area contributed by atoms with Gasteiger partial charge in [-0.2, -0.15) is 11.8 Å². The Morgan fingerprint density at radius 1 is 1.35 bits per heavy atom. The van der Waals surface area contributed by atoms with Gasteiger partial charge in [-0.3, -0.25) is 0 Å². The zero-order valence-electron chi connectivity index (χ0n) is 10.3. The Bertz CT molecular complexity index is 278. The molecule has 1 saturated heterocycles. The predicted molar refractivity (Wildman–Crippen MR) is 68.3 cm³/mol. The average Bonchev–Trinajstić information content (AvgIpc) is 2.28. The summed E-state index contributed by atoms with van der Waals surface area (Å²) in [5, 5.41) is 11.6. The number of nitrogens with one attached hydrogen (secondary N) is 1. The largest absolute Gasteiger partial charge is 0.480 e. The molecule has 2 amide bonds. The Morgan fingerprint density at radius 3 is 2.41 bits per heavy atom. The number of thioether (sulfide) groups is 1. The zero-order chi connectivity index (χ0) is 12.8. The fraction of sp³-hybridized carbons (Fsp3) is 0.818. The number of carbonyl (C=O) groups excluding carboxylic acids is 1. The summed E-state index contributed by atoms with van der Waals surface area (Å²) in [6.07, 6.45) is 0.462. The van der Waals surface area contributed by atoms with Crippen LogP contribution in [0.5, 0.6) is 0 Å². The first-order valence-electron chi connectivity index (χ1n) is 5.86. The normalized spacial score (nSPS) is 17.9. The number of carboxylic acid groups (broad SMARTS) is 1. The number of nitrogens with zero attached hydrogens (tertiary/aromatic N) is 1. The zero-order valence-corrected chi connectivity index (χ0v) is 11.1. The standard InChI is InChI=1S/C11H20N2O3S/c1-8(2)7-9(10(14)15)12-11(16)13-3-5-17-6-4-13/h8-9H,3-7H2,1-2H3,(H,12,16)(H,14,15)/t9-/m1/s1. The summed E-state index contributed by atoms with van der Waals surface area (Å²) in [6.45, 7) is 5.29. The van der Waals surface area contributed by atoms with Gasteiger partial charge in [0.15, 0.2) is 0 Å². The second kappa shape index (κ2) is 6.74. The molecule has 1 fully saturated rings. The molecule has 0 aromatic rings. The highest BCUT2D eigenvalue weighted by Gasteiger charge is 2.24. The highest BCUT2D eigenvalue weighted by molar-refractivity contribution is 7.99. The van der Waals surface area contributed by atoms with Crippen molar-refractivity contribution in [1.82, 2.24) is 10.2 Å². The van der Waals surface area contributed by atoms with Crippen LogP contribution in [0.1, 0.15) is 20.3 Å². The van der Waals surface area contributed by atoms with Crippen molar-refractivity contribution in [3.63, 3.8) is 0 Å². The lowest BCUT2D eigenvalue weighted by Crippen LogP contribution is -2.50. The average molecular weight is 260 g/mol. The van der Waals surface area contributed by atoms with Crippen LogP contribution in [0.3, 0.4) is 0 Å². The molecule has 5 nitrogen and oxygen atoms in total. The molecule has 0 unspecified atom stereocenters. The van der Waals surface area contributed by atoms with Crippen LogP contribution < -0.4 is 5.32 Å². The van der Waals surface area contributed by atoms with Gasteiger partial charge in [-0.25, -0.2) is 9.59 Å². The van der Waals surface area contributed by atoms with E-state index in [0.29, 0.717) is 19.5 Å². The van der Waals surface area contributed by atoms with Crippen LogP contribution >= 0.6 is 11.8 Å². The first-order valence-corrected chi connectivity index (χ1v) is 7.02. The minimum absolute atomic E-state index is 0.244. The molecule has 2 N–H and O–H groups in total. The maximum absolute atomic E-state index is 11.8. The van der Waals surface area contributed by atoms with Gasteiger partial charge in [0.2, 0.25) is 0 Å². The summed E-state index contributed by atoms with van der Waals surface area (Å²) >= 11 is 1.81. The molecule has 17 heavy (non-hydrogen) atoms. The molecular formula is C11H20N2O3S. The van der Waals surface area contributed by atoms with Gasteiger partial charge in [0.05, 0.1) is 0 Å². The second-order valence-corrected chi connectivity index (χ2v) is 5.79. The summed E-state index contributed by atoms with van der Waals surface area (Å²) in [5.74, 6) is 1.14. The number of hydrogen-bond acceptors (Lipinski definition) is 3. The number of carboxylic acids is 1. The topological polar surface area (TPSA) is 69.6 Å². The van der Waals surface area contributed by atoms with E-state index in [1.54, 1.807) is 4.90 Å². The van der Waals surface area contributed by atoms with E-state index < -0.39 is 12.0 Å². The van der Waals surface area contributed by atoms with Crippen molar-refractivity contribution in [1.29, 1.82) is 0 Å². The molecule has 0 bridgehead atoms. The van der Waals surface area contributed by atoms with Crippen molar-refractivity contribution in [2.24, 2.45) is 5.92 Å². The van der Waals surface area contributed by atoms with Gasteiger partial charge < -0.3 is 15.3 Å². The molecule has 6 heteroatoms. The molecule has 0 spiro atoms. The maximum atomic E-state index is 11.8. The summed E-state index contributed by atoms with van der Waals surface area (Å²) in [5.41, 5.74) is 0. The van der Waals surface area contributed by atoms with Crippen LogP contribution in [0.25, 0.3) is 0 Å². The SMILES string of the molecule is CC(C)C[C@@H](NC(=O)N1CCSCC1)C(=O)O. The molecule has 1 heterocycles. The fourth-order valence-corrected chi connectivity index (χ4v) is 2.60. The Labute approximate surface area is 106 Å². The molecule has 1 atom stereocenters. The highest BCUT2D eigenvalue weighted by atomic mass is 32.2. The van der Waals surface area contributed by atoms with Crippen molar-refractivity contribution < 1.29 is 14.7 Å². The number of rotatable bonds is 4. The molecule has 0 saturated carbocycles. The Morgan fingerprint density at radius 2 is 1.94 bits per heavy atom. The van der Waals surface area contributed by atoms with Crippen LogP contribution in [-0.2, 0) is 4.79 Å². The third-order valence-corrected chi connectivity index (χ3v) is 3.54. The molecular weight excluding hydrogens is 240 g/mol. The van der Waals surface area contributed by atoms with E-state index in [1.807, 2.05) is 25.6 Å². The van der Waals surface area contributed by atoms with Crippen molar-refractivity contribution in [3.05, 3.63) is 0 Å². The number of hydrogen-bond donors (Lipinski definition) is 2. The van der Waals surface area contributed by atoms with Gasteiger partial charge in [-0.1, -0.05) is 13.8 Å². The molecule has 98 valence electrons. The third kappa shape index (κ3) is 4.85. The van der Waals surface area contributed by atoms with E-state index in [0.717, 1.165) is 11.5 Å². The first kappa shape index (κ1) is 14.2. The fourth-order valence-electron chi connectivity index (χ4n) is 1.70. The van der Waals surface area contributed by atoms with Crippen molar-refractivity contribution >= 4 is 23.8 Å². The first-order chi connectivity index (χ1) is 8.00. The van der Waals surface area contributed by atoms with Crippen molar-refractivity contribution in [2.75, 3.05) is 24.6 Å². The van der Waals surface area contributed by atoms with E-state index >= 15 is 0 Å². The number of carbonyl (C=O) groups is 2. The summed E-state index contributed by atoms with van der Waals surface area (Å²) in [4.78, 5) is 24.5. The Balaban J connectivity index is 2.47. The number of aliphatic carboxylic acids is 1. The van der Waals surface area contributed by atoms with Crippen LogP contribution in [0, 0.1) is 5.92 Å². The minimum Gasteiger partial charge on any atom is -0.480 e. The monoisotopic (exact) mass is 260 g/mol. The van der Waals surface area contributed by atoms with E-state index in [9.17, 15) is 9.59 Å². The number of urea groups is 1. The van der Waals surface area contributed by atoms with Gasteiger partial charge in [0.25, 0.3) is 0 Å². The van der Waals surface area contributed by atoms with E-state index in [2.05, 4.69) is 5.32 Å². The molecule has 0 aromatic heterocycles. The lowest BCUT2D eigenvalue weighted by molar-refractivity contribution is -0.139. The Hall–Kier alpha value is -0.910. The summed E-state index contributed by atoms with van der Waals surface area (Å²) in [7, 11) is 0. The third-order valence-electron chi connectivity index (χ3n) is 2.60. The predicted octanol–water partition coefficient (Wildman–Crippen LogP) is 1.24. The maximum Gasteiger partial charge on any atom is 0.326 e. The van der Waals surface area contributed by atoms with Gasteiger partial charge in [-0.05, 0) is 12.3 Å². The van der Waals surface area contributed by atoms with E-state index in [-0.39, 0.29) is 11.9 Å². The van der Waals surface area contributed by atoms with Crippen LogP contribution in [0.4, 0.5) is 4.79 Å². The van der Waals surface area contributed by atoms with Gasteiger partial charge in [0, 0.05) is 24.6 Å². The van der Waals surface area contributed by atoms with E-state index in [1.165, 1.54) is 0 Å². The van der Waals surface area contributed by atoms with Crippen LogP contribution in [0.15, 0.2) is 0 Å². The quantitative estimate of drug-likeness (QED) is 0.798. The van der Waals surface area contributed by atoms with E-state index in [4.69, 9.17) is 5.11 Å². The highest BCUT2D eigenvalue weighted by Crippen LogP contribution is 2.10. The molecule has 0 radical (unpaired) electrons. The van der Waals surface area contributed by atoms with Gasteiger partial charge in [-0.15, -0.1) is 0 Å². The minimum atomic E-state index is -0.960. The molecule has 1 rings (SSSR count). The van der Waals surface area contributed by atoms with Gasteiger partial charge >= 0.3 is 12.0 Å². The smallest absolute Gasteiger partial charge is 0.326 e. The Kier molecular flexibility index (Phi) is 5.61. The number of amides is 2. The lowest BCUT2D eigenvalue weighted by Gasteiger charge is -2.28. The summed E-state index contributed by atoms with van der Waals surface area (Å²) in [6, 6.07) is -1.03. The molecule has 1 aliphatic heterocycles. The van der Waals surface area contributed by atoms with Gasteiger partial charge in [0.1, 0.15) is 6.04 Å². The molecule has 0 aromatic carbocycles. The second-order valence-electron chi connectivity index (χ2n) is 4.57. The van der Waals surface area contributed by atoms with Crippen LogP contribution in [-0.4, -0.2) is 52.6 Å². The summed E-state index contributed by atoms with van der Waals surface area (Å²) < 4.78 is 0. The van der Waals surface area contributed by atoms with Crippen molar-refractivity contribution in [2.45, 2.75) is 26.3 Å². The molecule has 0 aliphatic carbocycles. The van der Waals surface area contributed by atoms with Crippen molar-refractivity contribution in [3.8, 4) is 0 Å². The van der Waals surface area contributed by atoms with Crippen LogP contribution in [0.2, 0.25) is 0 Å². The molecule has 1 aliphatic rings. The lowest BCUT2D eigenvalue weighted by atomic mass is 10.0.